The van der Waals surface area contributed by atoms with Gasteiger partial charge < -0.3 is 4.84 Å². The molecule has 94 valence electrons. The van der Waals surface area contributed by atoms with E-state index >= 15 is 0 Å². The summed E-state index contributed by atoms with van der Waals surface area (Å²) in [6.07, 6.45) is 3.28. The Balaban J connectivity index is 2.26. The van der Waals surface area contributed by atoms with Gasteiger partial charge in [0.05, 0.1) is 6.20 Å². The van der Waals surface area contributed by atoms with E-state index in [1.807, 2.05) is 30.3 Å². The van der Waals surface area contributed by atoms with Crippen LogP contribution in [-0.2, 0) is 4.79 Å². The van der Waals surface area contributed by atoms with Gasteiger partial charge in [-0.15, -0.1) is 0 Å². The van der Waals surface area contributed by atoms with Gasteiger partial charge in [0.15, 0.2) is 5.82 Å². The maximum atomic E-state index is 11.3. The number of imidazole rings is 1. The monoisotopic (exact) mass is 253 g/mol. The van der Waals surface area contributed by atoms with Gasteiger partial charge in [0, 0.05) is 18.7 Å². The third kappa shape index (κ3) is 2.06. The van der Waals surface area contributed by atoms with Crippen molar-refractivity contribution in [3.8, 4) is 11.4 Å². The van der Waals surface area contributed by atoms with Crippen molar-refractivity contribution in [1.29, 1.82) is 0 Å². The SMILES string of the molecule is CC(=O)On1c(-c2ccccc2)nc2cnccc21. The summed E-state index contributed by atoms with van der Waals surface area (Å²) in [5, 5.41) is 0. The van der Waals surface area contributed by atoms with Crippen LogP contribution in [0.2, 0.25) is 0 Å². The molecule has 5 heteroatoms. The van der Waals surface area contributed by atoms with Gasteiger partial charge in [0.2, 0.25) is 0 Å². The predicted molar refractivity (Wildman–Crippen MR) is 70.2 cm³/mol. The molecule has 0 aliphatic carbocycles. The second kappa shape index (κ2) is 4.53. The van der Waals surface area contributed by atoms with Crippen LogP contribution in [0.5, 0.6) is 0 Å². The van der Waals surface area contributed by atoms with Crippen LogP contribution in [0.4, 0.5) is 0 Å². The highest BCUT2D eigenvalue weighted by Gasteiger charge is 2.14. The fourth-order valence-electron chi connectivity index (χ4n) is 1.90. The normalized spacial score (nSPS) is 10.6. The molecule has 0 fully saturated rings. The molecule has 0 spiro atoms. The first-order chi connectivity index (χ1) is 9.25. The zero-order valence-electron chi connectivity index (χ0n) is 10.3. The van der Waals surface area contributed by atoms with Gasteiger partial charge in [0.1, 0.15) is 11.0 Å². The molecule has 0 aliphatic rings. The first-order valence-electron chi connectivity index (χ1n) is 5.82. The van der Waals surface area contributed by atoms with Crippen LogP contribution in [0.25, 0.3) is 22.4 Å². The summed E-state index contributed by atoms with van der Waals surface area (Å²) in [6.45, 7) is 1.36. The minimum absolute atomic E-state index is 0.395. The summed E-state index contributed by atoms with van der Waals surface area (Å²) in [7, 11) is 0. The van der Waals surface area contributed by atoms with Gasteiger partial charge in [0.25, 0.3) is 0 Å². The van der Waals surface area contributed by atoms with Gasteiger partial charge >= 0.3 is 5.97 Å². The molecule has 0 saturated heterocycles. The third-order valence-corrected chi connectivity index (χ3v) is 2.67. The summed E-state index contributed by atoms with van der Waals surface area (Å²) >= 11 is 0. The highest BCUT2D eigenvalue weighted by Crippen LogP contribution is 2.22. The van der Waals surface area contributed by atoms with Gasteiger partial charge in [-0.1, -0.05) is 30.3 Å². The number of fused-ring (bicyclic) bond motifs is 1. The van der Waals surface area contributed by atoms with Crippen LogP contribution in [0.3, 0.4) is 0 Å². The van der Waals surface area contributed by atoms with E-state index in [-0.39, 0.29) is 0 Å². The standard InChI is InChI=1S/C14H11N3O2/c1-10(18)19-17-13-7-8-15-9-12(13)16-14(17)11-5-3-2-4-6-11/h2-9H,1H3. The second-order valence-corrected chi connectivity index (χ2v) is 4.04. The summed E-state index contributed by atoms with van der Waals surface area (Å²) in [6, 6.07) is 11.3. The Hall–Kier alpha value is -2.69. The maximum absolute atomic E-state index is 11.3. The topological polar surface area (TPSA) is 57.0 Å². The average molecular weight is 253 g/mol. The molecular formula is C14H11N3O2. The van der Waals surface area contributed by atoms with Crippen molar-refractivity contribution in [2.24, 2.45) is 0 Å². The zero-order chi connectivity index (χ0) is 13.2. The van der Waals surface area contributed by atoms with Crippen molar-refractivity contribution in [1.82, 2.24) is 14.7 Å². The largest absolute Gasteiger partial charge is 0.335 e. The summed E-state index contributed by atoms with van der Waals surface area (Å²) in [5.41, 5.74) is 2.27. The molecule has 2 heterocycles. The van der Waals surface area contributed by atoms with Gasteiger partial charge in [-0.05, 0) is 6.07 Å². The molecule has 0 amide bonds. The lowest BCUT2D eigenvalue weighted by Gasteiger charge is -2.07. The van der Waals surface area contributed by atoms with E-state index in [9.17, 15) is 4.79 Å². The number of benzene rings is 1. The van der Waals surface area contributed by atoms with Crippen LogP contribution in [0.15, 0.2) is 48.8 Å². The lowest BCUT2D eigenvalue weighted by atomic mass is 10.2. The maximum Gasteiger partial charge on any atom is 0.329 e. The van der Waals surface area contributed by atoms with E-state index in [0.717, 1.165) is 5.56 Å². The predicted octanol–water partition coefficient (Wildman–Crippen LogP) is 2.07. The number of nitrogens with zero attached hydrogens (tertiary/aromatic N) is 3. The van der Waals surface area contributed by atoms with Crippen molar-refractivity contribution < 1.29 is 9.63 Å². The summed E-state index contributed by atoms with van der Waals surface area (Å²) < 4.78 is 1.44. The Kier molecular flexibility index (Phi) is 2.72. The van der Waals surface area contributed by atoms with Gasteiger partial charge in [-0.25, -0.2) is 9.78 Å². The Morgan fingerprint density at radius 2 is 2.00 bits per heavy atom. The summed E-state index contributed by atoms with van der Waals surface area (Å²) in [5.74, 6) is 0.187. The highest BCUT2D eigenvalue weighted by atomic mass is 16.7. The molecule has 0 radical (unpaired) electrons. The smallest absolute Gasteiger partial charge is 0.329 e. The molecule has 3 aromatic rings. The molecular weight excluding hydrogens is 242 g/mol. The van der Waals surface area contributed by atoms with E-state index in [1.165, 1.54) is 11.7 Å². The fourth-order valence-corrected chi connectivity index (χ4v) is 1.90. The first-order valence-corrected chi connectivity index (χ1v) is 5.82. The number of carbonyl (C=O) groups is 1. The molecule has 0 aliphatic heterocycles. The first kappa shape index (κ1) is 11.4. The Labute approximate surface area is 109 Å². The molecule has 3 rings (SSSR count). The van der Waals surface area contributed by atoms with Crippen molar-refractivity contribution >= 4 is 17.0 Å². The van der Waals surface area contributed by atoms with E-state index in [4.69, 9.17) is 4.84 Å². The molecule has 19 heavy (non-hydrogen) atoms. The molecule has 1 aromatic carbocycles. The minimum atomic E-state index is -0.395. The van der Waals surface area contributed by atoms with Crippen LogP contribution in [0, 0.1) is 0 Å². The fraction of sp³-hybridized carbons (Fsp3) is 0.0714. The van der Waals surface area contributed by atoms with E-state index in [2.05, 4.69) is 9.97 Å². The van der Waals surface area contributed by atoms with Crippen LogP contribution >= 0.6 is 0 Å². The van der Waals surface area contributed by atoms with Crippen molar-refractivity contribution in [2.45, 2.75) is 6.92 Å². The number of rotatable bonds is 2. The van der Waals surface area contributed by atoms with Crippen LogP contribution in [-0.4, -0.2) is 20.7 Å². The third-order valence-electron chi connectivity index (χ3n) is 2.67. The minimum Gasteiger partial charge on any atom is -0.335 e. The van der Waals surface area contributed by atoms with Crippen LogP contribution in [0.1, 0.15) is 6.92 Å². The average Bonchev–Trinajstić information content (AvgIpc) is 2.78. The van der Waals surface area contributed by atoms with Crippen molar-refractivity contribution in [3.05, 3.63) is 48.8 Å². The molecule has 2 aromatic heterocycles. The van der Waals surface area contributed by atoms with Crippen molar-refractivity contribution in [2.75, 3.05) is 0 Å². The van der Waals surface area contributed by atoms with E-state index in [1.54, 1.807) is 18.5 Å². The Bertz CT molecular complexity index is 735. The molecule has 0 atom stereocenters. The van der Waals surface area contributed by atoms with Crippen molar-refractivity contribution in [3.63, 3.8) is 0 Å². The number of aromatic nitrogens is 3. The lowest BCUT2D eigenvalue weighted by Crippen LogP contribution is -2.17. The Morgan fingerprint density at radius 3 is 2.74 bits per heavy atom. The highest BCUT2D eigenvalue weighted by molar-refractivity contribution is 5.80. The number of pyridine rings is 1. The molecule has 0 bridgehead atoms. The molecule has 0 saturated carbocycles. The molecule has 5 nitrogen and oxygen atoms in total. The van der Waals surface area contributed by atoms with E-state index < -0.39 is 5.97 Å². The summed E-state index contributed by atoms with van der Waals surface area (Å²) in [4.78, 5) is 25.0. The zero-order valence-corrected chi connectivity index (χ0v) is 10.3. The number of hydrogen-bond donors (Lipinski definition) is 0. The quantitative estimate of drug-likeness (QED) is 0.701. The molecule has 0 N–H and O–H groups in total. The Morgan fingerprint density at radius 1 is 1.21 bits per heavy atom. The lowest BCUT2D eigenvalue weighted by molar-refractivity contribution is -0.140. The number of carbonyl (C=O) groups excluding carboxylic acids is 1. The number of hydrogen-bond acceptors (Lipinski definition) is 4. The van der Waals surface area contributed by atoms with Crippen LogP contribution < -0.4 is 4.84 Å². The van der Waals surface area contributed by atoms with E-state index in [0.29, 0.717) is 16.9 Å². The van der Waals surface area contributed by atoms with Gasteiger partial charge in [-0.2, -0.15) is 4.73 Å². The van der Waals surface area contributed by atoms with Gasteiger partial charge in [-0.3, -0.25) is 4.98 Å². The molecule has 0 unspecified atom stereocenters. The second-order valence-electron chi connectivity index (χ2n) is 4.04.